The summed E-state index contributed by atoms with van der Waals surface area (Å²) in [6.45, 7) is 0.851. The minimum Gasteiger partial charge on any atom is -0.349 e. The maximum Gasteiger partial charge on any atom is 0.253 e. The standard InChI is InChI=1S/C23H33N3O3/c27-22(25-29)15-7-3-4-10-16-26-17-20(19-13-8-9-14-21(19)26)23(28)24-18-11-5-1-2-6-12-18/h8-9,13-14,17-18,29H,1-7,10-12,15-16H2,(H,24,28)(H,25,27). The Kier molecular flexibility index (Phi) is 8.11. The van der Waals surface area contributed by atoms with E-state index >= 15 is 0 Å². The van der Waals surface area contributed by atoms with Crippen molar-refractivity contribution in [3.8, 4) is 0 Å². The normalized spacial score (nSPS) is 15.2. The van der Waals surface area contributed by atoms with E-state index in [0.29, 0.717) is 12.5 Å². The van der Waals surface area contributed by atoms with Gasteiger partial charge in [-0.15, -0.1) is 0 Å². The number of aryl methyl sites for hydroxylation is 1. The summed E-state index contributed by atoms with van der Waals surface area (Å²) >= 11 is 0. The molecule has 3 rings (SSSR count). The summed E-state index contributed by atoms with van der Waals surface area (Å²) in [5.41, 5.74) is 3.53. The summed E-state index contributed by atoms with van der Waals surface area (Å²) in [5, 5.41) is 12.8. The topological polar surface area (TPSA) is 83.4 Å². The molecule has 1 aromatic heterocycles. The maximum atomic E-state index is 13.0. The summed E-state index contributed by atoms with van der Waals surface area (Å²) < 4.78 is 2.18. The van der Waals surface area contributed by atoms with Gasteiger partial charge in [0.15, 0.2) is 0 Å². The molecular weight excluding hydrogens is 366 g/mol. The third-order valence-corrected chi connectivity index (χ3v) is 5.90. The van der Waals surface area contributed by atoms with Crippen molar-refractivity contribution in [3.05, 3.63) is 36.0 Å². The van der Waals surface area contributed by atoms with Crippen LogP contribution in [-0.2, 0) is 11.3 Å². The van der Waals surface area contributed by atoms with E-state index in [4.69, 9.17) is 5.21 Å². The number of fused-ring (bicyclic) bond motifs is 1. The molecule has 6 heteroatoms. The molecule has 1 aromatic carbocycles. The van der Waals surface area contributed by atoms with Crippen molar-refractivity contribution >= 4 is 22.7 Å². The second kappa shape index (κ2) is 11.0. The number of nitrogens with zero attached hydrogens (tertiary/aromatic N) is 1. The molecule has 1 saturated carbocycles. The number of aromatic nitrogens is 1. The maximum absolute atomic E-state index is 13.0. The zero-order valence-electron chi connectivity index (χ0n) is 17.2. The first-order valence-electron chi connectivity index (χ1n) is 11.0. The molecule has 3 N–H and O–H groups in total. The van der Waals surface area contributed by atoms with Gasteiger partial charge in [-0.2, -0.15) is 0 Å². The predicted molar refractivity (Wildman–Crippen MR) is 114 cm³/mol. The number of unbranched alkanes of at least 4 members (excludes halogenated alkanes) is 3. The lowest BCUT2D eigenvalue weighted by molar-refractivity contribution is -0.129. The van der Waals surface area contributed by atoms with Crippen molar-refractivity contribution in [3.63, 3.8) is 0 Å². The van der Waals surface area contributed by atoms with E-state index in [1.807, 2.05) is 24.4 Å². The second-order valence-electron chi connectivity index (χ2n) is 8.11. The monoisotopic (exact) mass is 399 g/mol. The summed E-state index contributed by atoms with van der Waals surface area (Å²) in [4.78, 5) is 24.0. The lowest BCUT2D eigenvalue weighted by atomic mass is 10.1. The Balaban J connectivity index is 1.59. The smallest absolute Gasteiger partial charge is 0.253 e. The fourth-order valence-electron chi connectivity index (χ4n) is 4.28. The van der Waals surface area contributed by atoms with Gasteiger partial charge in [-0.3, -0.25) is 14.8 Å². The van der Waals surface area contributed by atoms with Gasteiger partial charge in [0.05, 0.1) is 5.56 Å². The molecular formula is C23H33N3O3. The number of benzene rings is 1. The largest absolute Gasteiger partial charge is 0.349 e. The van der Waals surface area contributed by atoms with E-state index in [9.17, 15) is 9.59 Å². The number of hydroxylamine groups is 1. The summed E-state index contributed by atoms with van der Waals surface area (Å²) in [6, 6.07) is 8.40. The highest BCUT2D eigenvalue weighted by atomic mass is 16.5. The van der Waals surface area contributed by atoms with Gasteiger partial charge in [0, 0.05) is 36.1 Å². The van der Waals surface area contributed by atoms with Crippen LogP contribution in [0.4, 0.5) is 0 Å². The fraction of sp³-hybridized carbons (Fsp3) is 0.565. The van der Waals surface area contributed by atoms with Gasteiger partial charge >= 0.3 is 0 Å². The van der Waals surface area contributed by atoms with Crippen molar-refractivity contribution in [1.82, 2.24) is 15.4 Å². The Hall–Kier alpha value is -2.34. The molecule has 0 aliphatic heterocycles. The number of amides is 2. The predicted octanol–water partition coefficient (Wildman–Crippen LogP) is 4.55. The van der Waals surface area contributed by atoms with Gasteiger partial charge in [-0.1, -0.05) is 56.7 Å². The van der Waals surface area contributed by atoms with Crippen LogP contribution in [0.3, 0.4) is 0 Å². The van der Waals surface area contributed by atoms with Gasteiger partial charge in [-0.05, 0) is 31.7 Å². The minimum atomic E-state index is -0.328. The highest BCUT2D eigenvalue weighted by Gasteiger charge is 2.19. The number of para-hydroxylation sites is 1. The summed E-state index contributed by atoms with van der Waals surface area (Å²) in [6.07, 6.45) is 13.2. The molecule has 1 aliphatic rings. The molecule has 6 nitrogen and oxygen atoms in total. The van der Waals surface area contributed by atoms with Crippen molar-refractivity contribution in [2.45, 2.75) is 83.2 Å². The third-order valence-electron chi connectivity index (χ3n) is 5.90. The van der Waals surface area contributed by atoms with Crippen molar-refractivity contribution in [2.75, 3.05) is 0 Å². The number of hydrogen-bond donors (Lipinski definition) is 3. The molecule has 2 aromatic rings. The highest BCUT2D eigenvalue weighted by Crippen LogP contribution is 2.23. The van der Waals surface area contributed by atoms with Crippen LogP contribution in [0.25, 0.3) is 10.9 Å². The van der Waals surface area contributed by atoms with Crippen molar-refractivity contribution < 1.29 is 14.8 Å². The molecule has 1 aliphatic carbocycles. The van der Waals surface area contributed by atoms with Crippen LogP contribution >= 0.6 is 0 Å². The minimum absolute atomic E-state index is 0.0434. The Morgan fingerprint density at radius 1 is 1.00 bits per heavy atom. The quantitative estimate of drug-likeness (QED) is 0.250. The fourth-order valence-corrected chi connectivity index (χ4v) is 4.28. The Labute approximate surface area is 172 Å². The van der Waals surface area contributed by atoms with Crippen LogP contribution in [0.1, 0.15) is 81.0 Å². The molecule has 0 unspecified atom stereocenters. The zero-order valence-corrected chi connectivity index (χ0v) is 17.2. The van der Waals surface area contributed by atoms with Crippen LogP contribution in [-0.4, -0.2) is 27.6 Å². The lowest BCUT2D eigenvalue weighted by Crippen LogP contribution is -2.34. The van der Waals surface area contributed by atoms with Gasteiger partial charge in [0.2, 0.25) is 5.91 Å². The number of hydrogen-bond acceptors (Lipinski definition) is 3. The average Bonchev–Trinajstić information content (AvgIpc) is 2.91. The second-order valence-corrected chi connectivity index (χ2v) is 8.11. The van der Waals surface area contributed by atoms with E-state index in [2.05, 4.69) is 16.0 Å². The van der Waals surface area contributed by atoms with Crippen molar-refractivity contribution in [1.29, 1.82) is 0 Å². The van der Waals surface area contributed by atoms with Crippen LogP contribution in [0.5, 0.6) is 0 Å². The molecule has 0 radical (unpaired) electrons. The molecule has 158 valence electrons. The third kappa shape index (κ3) is 6.07. The Morgan fingerprint density at radius 2 is 1.72 bits per heavy atom. The molecule has 0 bridgehead atoms. The van der Waals surface area contributed by atoms with E-state index in [0.717, 1.165) is 61.5 Å². The van der Waals surface area contributed by atoms with Gasteiger partial charge in [0.1, 0.15) is 0 Å². The summed E-state index contributed by atoms with van der Waals surface area (Å²) in [7, 11) is 0. The number of carbonyl (C=O) groups excluding carboxylic acids is 2. The Morgan fingerprint density at radius 3 is 2.48 bits per heavy atom. The van der Waals surface area contributed by atoms with Gasteiger partial charge < -0.3 is 9.88 Å². The first kappa shape index (κ1) is 21.4. The van der Waals surface area contributed by atoms with Crippen LogP contribution in [0, 0.1) is 0 Å². The van der Waals surface area contributed by atoms with E-state index < -0.39 is 0 Å². The van der Waals surface area contributed by atoms with Crippen molar-refractivity contribution in [2.24, 2.45) is 0 Å². The van der Waals surface area contributed by atoms with E-state index in [-0.39, 0.29) is 11.8 Å². The average molecular weight is 400 g/mol. The van der Waals surface area contributed by atoms with Gasteiger partial charge in [0.25, 0.3) is 5.91 Å². The zero-order chi connectivity index (χ0) is 20.5. The molecule has 2 amide bonds. The highest BCUT2D eigenvalue weighted by molar-refractivity contribution is 6.07. The molecule has 0 saturated heterocycles. The number of nitrogens with one attached hydrogen (secondary N) is 2. The van der Waals surface area contributed by atoms with E-state index in [1.54, 1.807) is 5.48 Å². The van der Waals surface area contributed by atoms with Crippen LogP contribution in [0.15, 0.2) is 30.5 Å². The lowest BCUT2D eigenvalue weighted by Gasteiger charge is -2.15. The SMILES string of the molecule is O=C(CCCCCCn1cc(C(=O)NC2CCCCCC2)c2ccccc21)NO. The van der Waals surface area contributed by atoms with Crippen LogP contribution in [0.2, 0.25) is 0 Å². The molecule has 0 spiro atoms. The first-order chi connectivity index (χ1) is 14.2. The Bertz CT molecular complexity index is 807. The number of rotatable bonds is 9. The first-order valence-corrected chi connectivity index (χ1v) is 11.0. The molecule has 29 heavy (non-hydrogen) atoms. The summed E-state index contributed by atoms with van der Waals surface area (Å²) in [5.74, 6) is -0.285. The van der Waals surface area contributed by atoms with E-state index in [1.165, 1.54) is 25.7 Å². The van der Waals surface area contributed by atoms with Crippen LogP contribution < -0.4 is 10.8 Å². The molecule has 1 fully saturated rings. The molecule has 1 heterocycles. The van der Waals surface area contributed by atoms with Gasteiger partial charge in [-0.25, -0.2) is 5.48 Å². The molecule has 0 atom stereocenters. The number of carbonyl (C=O) groups is 2.